The van der Waals surface area contributed by atoms with Gasteiger partial charge in [-0.05, 0) is 19.1 Å². The lowest BCUT2D eigenvalue weighted by molar-refractivity contribution is 0.171. The number of ether oxygens (including phenoxy) is 2. The Morgan fingerprint density at radius 1 is 1.45 bits per heavy atom. The van der Waals surface area contributed by atoms with Crippen molar-refractivity contribution in [1.82, 2.24) is 4.98 Å². The summed E-state index contributed by atoms with van der Waals surface area (Å²) in [5.74, 6) is -0.00932. The summed E-state index contributed by atoms with van der Waals surface area (Å²) in [4.78, 5) is 6.32. The lowest BCUT2D eigenvalue weighted by Gasteiger charge is -2.30. The second kappa shape index (κ2) is 8.34. The highest BCUT2D eigenvalue weighted by Gasteiger charge is 2.15. The lowest BCUT2D eigenvalue weighted by atomic mass is 10.2. The molecule has 1 unspecified atom stereocenters. The van der Waals surface area contributed by atoms with Crippen LogP contribution < -0.4 is 10.6 Å². The Bertz CT molecular complexity index is 422. The molecule has 0 aliphatic carbocycles. The van der Waals surface area contributed by atoms with Crippen molar-refractivity contribution in [2.24, 2.45) is 10.9 Å². The predicted octanol–water partition coefficient (Wildman–Crippen LogP) is 0.664. The van der Waals surface area contributed by atoms with Crippen LogP contribution in [0.25, 0.3) is 0 Å². The molecule has 7 nitrogen and oxygen atoms in total. The predicted molar refractivity (Wildman–Crippen MR) is 77.3 cm³/mol. The number of nitrogens with zero attached hydrogens (tertiary/aromatic N) is 3. The first-order valence-corrected chi connectivity index (χ1v) is 6.32. The number of oxime groups is 1. The van der Waals surface area contributed by atoms with Crippen molar-refractivity contribution in [1.29, 1.82) is 0 Å². The van der Waals surface area contributed by atoms with Crippen LogP contribution in [0.3, 0.4) is 0 Å². The summed E-state index contributed by atoms with van der Waals surface area (Å²) >= 11 is 0. The van der Waals surface area contributed by atoms with Gasteiger partial charge in [-0.15, -0.1) is 0 Å². The molecule has 1 aromatic rings. The molecule has 0 aromatic carbocycles. The Hall–Kier alpha value is -1.86. The molecular weight excluding hydrogens is 260 g/mol. The standard InChI is InChI=1S/C13H22N4O3/c1-10(9-20-3)17(6-7-19-2)11-4-5-12(15-8-11)13(14)16-18/h4-5,8,10,18H,6-7,9H2,1-3H3,(H2,14,16). The third-order valence-electron chi connectivity index (χ3n) is 2.93. The van der Waals surface area contributed by atoms with Gasteiger partial charge >= 0.3 is 0 Å². The zero-order valence-electron chi connectivity index (χ0n) is 12.1. The van der Waals surface area contributed by atoms with E-state index in [0.717, 1.165) is 12.2 Å². The van der Waals surface area contributed by atoms with Crippen LogP contribution in [0.15, 0.2) is 23.5 Å². The molecule has 0 aliphatic heterocycles. The summed E-state index contributed by atoms with van der Waals surface area (Å²) in [5.41, 5.74) is 6.86. The molecule has 0 saturated carbocycles. The third kappa shape index (κ3) is 4.36. The molecule has 0 bridgehead atoms. The molecule has 0 spiro atoms. The highest BCUT2D eigenvalue weighted by molar-refractivity contribution is 5.95. The number of hydrogen-bond acceptors (Lipinski definition) is 6. The van der Waals surface area contributed by atoms with Gasteiger partial charge in [-0.2, -0.15) is 0 Å². The number of pyridine rings is 1. The summed E-state index contributed by atoms with van der Waals surface area (Å²) in [5, 5.41) is 11.5. The van der Waals surface area contributed by atoms with Gasteiger partial charge < -0.3 is 25.3 Å². The van der Waals surface area contributed by atoms with Gasteiger partial charge in [-0.25, -0.2) is 0 Å². The minimum atomic E-state index is -0.00932. The van der Waals surface area contributed by atoms with E-state index in [9.17, 15) is 0 Å². The molecule has 1 heterocycles. The minimum Gasteiger partial charge on any atom is -0.409 e. The number of aromatic nitrogens is 1. The number of rotatable bonds is 8. The van der Waals surface area contributed by atoms with Crippen LogP contribution in [0.2, 0.25) is 0 Å². The quantitative estimate of drug-likeness (QED) is 0.315. The van der Waals surface area contributed by atoms with E-state index in [4.69, 9.17) is 20.4 Å². The number of anilines is 1. The van der Waals surface area contributed by atoms with Gasteiger partial charge in [0, 0.05) is 26.8 Å². The molecule has 0 amide bonds. The first-order chi connectivity index (χ1) is 9.63. The molecule has 0 saturated heterocycles. The summed E-state index contributed by atoms with van der Waals surface area (Å²) in [6.45, 7) is 4.00. The fourth-order valence-electron chi connectivity index (χ4n) is 1.88. The Kier molecular flexibility index (Phi) is 6.75. The van der Waals surface area contributed by atoms with E-state index in [1.54, 1.807) is 26.5 Å². The lowest BCUT2D eigenvalue weighted by Crippen LogP contribution is -2.38. The fraction of sp³-hybridized carbons (Fsp3) is 0.538. The first-order valence-electron chi connectivity index (χ1n) is 6.32. The normalized spacial score (nSPS) is 13.2. The van der Waals surface area contributed by atoms with E-state index >= 15 is 0 Å². The smallest absolute Gasteiger partial charge is 0.188 e. The van der Waals surface area contributed by atoms with Crippen LogP contribution in [0.1, 0.15) is 12.6 Å². The van der Waals surface area contributed by atoms with Crippen LogP contribution in [0.4, 0.5) is 5.69 Å². The van der Waals surface area contributed by atoms with Crippen molar-refractivity contribution in [3.63, 3.8) is 0 Å². The van der Waals surface area contributed by atoms with Gasteiger partial charge in [0.25, 0.3) is 0 Å². The zero-order valence-corrected chi connectivity index (χ0v) is 12.1. The summed E-state index contributed by atoms with van der Waals surface area (Å²) in [7, 11) is 3.34. The molecular formula is C13H22N4O3. The van der Waals surface area contributed by atoms with E-state index in [0.29, 0.717) is 18.9 Å². The van der Waals surface area contributed by atoms with E-state index in [-0.39, 0.29) is 11.9 Å². The van der Waals surface area contributed by atoms with Crippen LogP contribution >= 0.6 is 0 Å². The molecule has 3 N–H and O–H groups in total. The second-order valence-corrected chi connectivity index (χ2v) is 4.38. The van der Waals surface area contributed by atoms with E-state index in [1.807, 2.05) is 6.07 Å². The topological polar surface area (TPSA) is 93.2 Å². The maximum Gasteiger partial charge on any atom is 0.188 e. The van der Waals surface area contributed by atoms with E-state index in [2.05, 4.69) is 22.0 Å². The van der Waals surface area contributed by atoms with Gasteiger partial charge in [0.1, 0.15) is 5.69 Å². The van der Waals surface area contributed by atoms with E-state index < -0.39 is 0 Å². The third-order valence-corrected chi connectivity index (χ3v) is 2.93. The number of hydrogen-bond donors (Lipinski definition) is 2. The van der Waals surface area contributed by atoms with Crippen LogP contribution in [-0.4, -0.2) is 56.0 Å². The Balaban J connectivity index is 2.89. The first kappa shape index (κ1) is 16.2. The van der Waals surface area contributed by atoms with Crippen molar-refractivity contribution in [3.8, 4) is 0 Å². The minimum absolute atomic E-state index is 0.00932. The zero-order chi connectivity index (χ0) is 15.0. The molecule has 0 aliphatic rings. The van der Waals surface area contributed by atoms with Crippen molar-refractivity contribution in [2.45, 2.75) is 13.0 Å². The maximum absolute atomic E-state index is 8.62. The molecule has 0 radical (unpaired) electrons. The van der Waals surface area contributed by atoms with Gasteiger partial charge in [-0.1, -0.05) is 5.16 Å². The Labute approximate surface area is 119 Å². The molecule has 1 aromatic heterocycles. The van der Waals surface area contributed by atoms with Crippen LogP contribution in [0.5, 0.6) is 0 Å². The summed E-state index contributed by atoms with van der Waals surface area (Å²) in [6, 6.07) is 3.78. The molecule has 112 valence electrons. The summed E-state index contributed by atoms with van der Waals surface area (Å²) in [6.07, 6.45) is 1.69. The highest BCUT2D eigenvalue weighted by Crippen LogP contribution is 2.16. The van der Waals surface area contributed by atoms with Crippen molar-refractivity contribution < 1.29 is 14.7 Å². The van der Waals surface area contributed by atoms with Gasteiger partial charge in [0.15, 0.2) is 5.84 Å². The Morgan fingerprint density at radius 3 is 2.70 bits per heavy atom. The maximum atomic E-state index is 8.62. The van der Waals surface area contributed by atoms with Gasteiger partial charge in [0.05, 0.1) is 25.1 Å². The van der Waals surface area contributed by atoms with Crippen LogP contribution in [0, 0.1) is 0 Å². The Morgan fingerprint density at radius 2 is 2.20 bits per heavy atom. The SMILES string of the molecule is COCCN(c1ccc(/C(N)=N/O)nc1)C(C)COC. The largest absolute Gasteiger partial charge is 0.409 e. The number of methoxy groups -OCH3 is 2. The summed E-state index contributed by atoms with van der Waals surface area (Å²) < 4.78 is 10.3. The van der Waals surface area contributed by atoms with E-state index in [1.165, 1.54) is 0 Å². The van der Waals surface area contributed by atoms with Crippen molar-refractivity contribution in [2.75, 3.05) is 38.9 Å². The average molecular weight is 282 g/mol. The second-order valence-electron chi connectivity index (χ2n) is 4.38. The average Bonchev–Trinajstić information content (AvgIpc) is 2.48. The molecule has 0 fully saturated rings. The van der Waals surface area contributed by atoms with Crippen LogP contribution in [-0.2, 0) is 9.47 Å². The fourth-order valence-corrected chi connectivity index (χ4v) is 1.88. The van der Waals surface area contributed by atoms with Crippen molar-refractivity contribution >= 4 is 11.5 Å². The highest BCUT2D eigenvalue weighted by atomic mass is 16.5. The number of amidine groups is 1. The molecule has 7 heteroatoms. The molecule has 1 atom stereocenters. The van der Waals surface area contributed by atoms with Crippen molar-refractivity contribution in [3.05, 3.63) is 24.0 Å². The van der Waals surface area contributed by atoms with Gasteiger partial charge in [0.2, 0.25) is 0 Å². The monoisotopic (exact) mass is 282 g/mol. The molecule has 20 heavy (non-hydrogen) atoms. The molecule has 1 rings (SSSR count). The van der Waals surface area contributed by atoms with Gasteiger partial charge in [-0.3, -0.25) is 4.98 Å². The number of nitrogens with two attached hydrogens (primary N) is 1.